The third-order valence-corrected chi connectivity index (χ3v) is 8.56. The first-order valence-electron chi connectivity index (χ1n) is 11.5. The first kappa shape index (κ1) is 23.7. The lowest BCUT2D eigenvalue weighted by Gasteiger charge is -2.39. The van der Waals surface area contributed by atoms with E-state index in [2.05, 4.69) is 27.2 Å². The molecular formula is C25H32FN3O3S. The van der Waals surface area contributed by atoms with Crippen molar-refractivity contribution in [1.29, 1.82) is 0 Å². The van der Waals surface area contributed by atoms with Crippen LogP contribution in [0.3, 0.4) is 0 Å². The molecule has 0 amide bonds. The molecular weight excluding hydrogens is 441 g/mol. The molecule has 2 heterocycles. The van der Waals surface area contributed by atoms with E-state index in [0.29, 0.717) is 17.9 Å². The van der Waals surface area contributed by atoms with E-state index in [1.807, 2.05) is 12.1 Å². The third-order valence-electron chi connectivity index (χ3n) is 6.62. The standard InChI is InChI=1S/C25H32FN3O3S/c1-17(21-6-4-5-7-22(21)26)28-24-29-33(30,31)23(25(2,3)32-24)16-18-8-10-19(11-9-18)20-12-14-27-15-13-20/h4-11,17,20,23,27H,12-16H2,1-3H3,(H,28,29)/t17-,23?/m0/s1. The number of nitrogens with one attached hydrogen (secondary N) is 2. The molecule has 2 aromatic carbocycles. The van der Waals surface area contributed by atoms with E-state index in [1.165, 1.54) is 11.6 Å². The number of halogens is 1. The van der Waals surface area contributed by atoms with Gasteiger partial charge in [0.15, 0.2) is 0 Å². The second-order valence-electron chi connectivity index (χ2n) is 9.44. The second-order valence-corrected chi connectivity index (χ2v) is 11.3. The Bertz CT molecular complexity index is 1110. The molecule has 6 nitrogen and oxygen atoms in total. The predicted molar refractivity (Wildman–Crippen MR) is 128 cm³/mol. The highest BCUT2D eigenvalue weighted by atomic mass is 32.2. The number of benzene rings is 2. The molecule has 2 aromatic rings. The van der Waals surface area contributed by atoms with E-state index in [1.54, 1.807) is 39.0 Å². The Morgan fingerprint density at radius 2 is 1.79 bits per heavy atom. The molecule has 178 valence electrons. The van der Waals surface area contributed by atoms with Crippen LogP contribution in [-0.4, -0.2) is 38.4 Å². The maximum atomic E-state index is 14.1. The lowest BCUT2D eigenvalue weighted by molar-refractivity contribution is 0.0762. The van der Waals surface area contributed by atoms with Gasteiger partial charge in [0.1, 0.15) is 16.7 Å². The van der Waals surface area contributed by atoms with Crippen molar-refractivity contribution in [2.75, 3.05) is 13.1 Å². The lowest BCUT2D eigenvalue weighted by atomic mass is 9.89. The Hall–Kier alpha value is -2.45. The molecule has 33 heavy (non-hydrogen) atoms. The first-order valence-corrected chi connectivity index (χ1v) is 13.0. The number of ether oxygens (including phenoxy) is 1. The normalized spacial score (nSPS) is 24.6. The smallest absolute Gasteiger partial charge is 0.299 e. The van der Waals surface area contributed by atoms with Gasteiger partial charge in [0.05, 0.1) is 6.04 Å². The monoisotopic (exact) mass is 473 g/mol. The molecule has 2 N–H and O–H groups in total. The summed E-state index contributed by atoms with van der Waals surface area (Å²) in [6.45, 7) is 7.27. The van der Waals surface area contributed by atoms with Crippen LogP contribution in [0.1, 0.15) is 62.3 Å². The molecule has 2 atom stereocenters. The number of rotatable bonds is 5. The Labute approximate surface area is 195 Å². The number of nitrogens with zero attached hydrogens (tertiary/aromatic N) is 1. The van der Waals surface area contributed by atoms with E-state index >= 15 is 0 Å². The van der Waals surface area contributed by atoms with Crippen LogP contribution < -0.4 is 10.0 Å². The minimum absolute atomic E-state index is 0.103. The van der Waals surface area contributed by atoms with Gasteiger partial charge in [-0.15, -0.1) is 0 Å². The molecule has 2 aliphatic heterocycles. The largest absolute Gasteiger partial charge is 0.457 e. The molecule has 0 bridgehead atoms. The van der Waals surface area contributed by atoms with Gasteiger partial charge in [0.25, 0.3) is 6.02 Å². The highest BCUT2D eigenvalue weighted by Gasteiger charge is 2.47. The number of piperidine rings is 1. The van der Waals surface area contributed by atoms with Gasteiger partial charge in [-0.1, -0.05) is 42.5 Å². The van der Waals surface area contributed by atoms with Gasteiger partial charge in [-0.05, 0) is 76.2 Å². The van der Waals surface area contributed by atoms with Crippen molar-refractivity contribution in [3.63, 3.8) is 0 Å². The van der Waals surface area contributed by atoms with Gasteiger partial charge in [-0.25, -0.2) is 22.5 Å². The molecule has 0 aliphatic carbocycles. The molecule has 1 unspecified atom stereocenters. The Morgan fingerprint density at radius 1 is 1.12 bits per heavy atom. The summed E-state index contributed by atoms with van der Waals surface area (Å²) >= 11 is 0. The predicted octanol–water partition coefficient (Wildman–Crippen LogP) is 4.05. The summed E-state index contributed by atoms with van der Waals surface area (Å²) in [6, 6.07) is 13.9. The zero-order valence-electron chi connectivity index (χ0n) is 19.3. The molecule has 4 rings (SSSR count). The highest BCUT2D eigenvalue weighted by Crippen LogP contribution is 2.31. The van der Waals surface area contributed by atoms with E-state index < -0.39 is 32.7 Å². The fraction of sp³-hybridized carbons (Fsp3) is 0.480. The molecule has 0 spiro atoms. The average Bonchev–Trinajstić information content (AvgIpc) is 2.77. The maximum Gasteiger partial charge on any atom is 0.299 e. The van der Waals surface area contributed by atoms with Crippen LogP contribution in [0.4, 0.5) is 4.39 Å². The number of hydrogen-bond acceptors (Lipinski definition) is 5. The summed E-state index contributed by atoms with van der Waals surface area (Å²) in [7, 11) is -3.75. The first-order chi connectivity index (χ1) is 15.7. The molecule has 0 saturated carbocycles. The van der Waals surface area contributed by atoms with Crippen molar-refractivity contribution in [3.8, 4) is 0 Å². The van der Waals surface area contributed by atoms with Gasteiger partial charge < -0.3 is 10.1 Å². The van der Waals surface area contributed by atoms with Crippen molar-refractivity contribution in [2.24, 2.45) is 4.99 Å². The van der Waals surface area contributed by atoms with Crippen LogP contribution in [0.2, 0.25) is 0 Å². The molecule has 8 heteroatoms. The van der Waals surface area contributed by atoms with E-state index in [9.17, 15) is 12.8 Å². The van der Waals surface area contributed by atoms with Crippen molar-refractivity contribution >= 4 is 16.0 Å². The average molecular weight is 474 g/mol. The highest BCUT2D eigenvalue weighted by molar-refractivity contribution is 7.90. The van der Waals surface area contributed by atoms with Gasteiger partial charge in [-0.2, -0.15) is 0 Å². The Morgan fingerprint density at radius 3 is 2.42 bits per heavy atom. The Kier molecular flexibility index (Phi) is 6.77. The fourth-order valence-electron chi connectivity index (χ4n) is 4.66. The Balaban J connectivity index is 1.50. The zero-order chi connectivity index (χ0) is 23.6. The van der Waals surface area contributed by atoms with Crippen LogP contribution in [0.15, 0.2) is 53.5 Å². The molecule has 0 aromatic heterocycles. The molecule has 0 radical (unpaired) electrons. The summed E-state index contributed by atoms with van der Waals surface area (Å²) in [5, 5.41) is 2.59. The van der Waals surface area contributed by atoms with Crippen LogP contribution in [0.25, 0.3) is 0 Å². The summed E-state index contributed by atoms with van der Waals surface area (Å²) in [4.78, 5) is 4.32. The van der Waals surface area contributed by atoms with E-state index in [4.69, 9.17) is 4.74 Å². The number of amidine groups is 1. The van der Waals surface area contributed by atoms with Gasteiger partial charge in [0.2, 0.25) is 10.0 Å². The minimum atomic E-state index is -3.75. The molecule has 2 fully saturated rings. The fourth-order valence-corrected chi connectivity index (χ4v) is 6.35. The molecule has 2 aliphatic rings. The van der Waals surface area contributed by atoms with Crippen molar-refractivity contribution < 1.29 is 17.5 Å². The van der Waals surface area contributed by atoms with Crippen LogP contribution in [0.5, 0.6) is 0 Å². The van der Waals surface area contributed by atoms with E-state index in [0.717, 1.165) is 31.5 Å². The number of sulfonamides is 1. The van der Waals surface area contributed by atoms with Crippen LogP contribution in [0, 0.1) is 5.82 Å². The SMILES string of the molecule is C[C@H](N=C1NS(=O)(=O)C(Cc2ccc(C3CCNCC3)cc2)C(C)(C)O1)c1ccccc1F. The van der Waals surface area contributed by atoms with Gasteiger partial charge >= 0.3 is 0 Å². The summed E-state index contributed by atoms with van der Waals surface area (Å²) in [5.41, 5.74) is 1.62. The van der Waals surface area contributed by atoms with Crippen molar-refractivity contribution in [3.05, 3.63) is 71.0 Å². The quantitative estimate of drug-likeness (QED) is 0.687. The van der Waals surface area contributed by atoms with Gasteiger partial charge in [-0.3, -0.25) is 0 Å². The number of hydrogen-bond donors (Lipinski definition) is 2. The summed E-state index contributed by atoms with van der Waals surface area (Å²) in [5.74, 6) is 0.161. The van der Waals surface area contributed by atoms with Crippen LogP contribution in [-0.2, 0) is 21.2 Å². The summed E-state index contributed by atoms with van der Waals surface area (Å²) < 4.78 is 48.9. The lowest BCUT2D eigenvalue weighted by Crippen LogP contribution is -2.59. The number of aliphatic imine (C=N–C) groups is 1. The van der Waals surface area contributed by atoms with Crippen LogP contribution >= 0.6 is 0 Å². The third kappa shape index (κ3) is 5.38. The maximum absolute atomic E-state index is 14.1. The zero-order valence-corrected chi connectivity index (χ0v) is 20.2. The molecule has 2 saturated heterocycles. The van der Waals surface area contributed by atoms with E-state index in [-0.39, 0.29) is 6.02 Å². The second kappa shape index (κ2) is 9.43. The van der Waals surface area contributed by atoms with Crippen molar-refractivity contribution in [1.82, 2.24) is 10.0 Å². The van der Waals surface area contributed by atoms with Crippen molar-refractivity contribution in [2.45, 2.75) is 62.8 Å². The minimum Gasteiger partial charge on any atom is -0.457 e. The summed E-state index contributed by atoms with van der Waals surface area (Å²) in [6.07, 6.45) is 2.56. The topological polar surface area (TPSA) is 79.8 Å². The van der Waals surface area contributed by atoms with Gasteiger partial charge in [0, 0.05) is 5.56 Å².